The molecule has 6 nitrogen and oxygen atoms in total. The Bertz CT molecular complexity index is 1060. The highest BCUT2D eigenvalue weighted by atomic mass is 16.5. The van der Waals surface area contributed by atoms with Crippen LogP contribution in [0.3, 0.4) is 0 Å². The van der Waals surface area contributed by atoms with E-state index in [1.165, 1.54) is 5.56 Å². The van der Waals surface area contributed by atoms with Crippen LogP contribution in [-0.4, -0.2) is 24.0 Å². The summed E-state index contributed by atoms with van der Waals surface area (Å²) in [6.45, 7) is 7.17. The van der Waals surface area contributed by atoms with E-state index in [0.717, 1.165) is 11.3 Å². The summed E-state index contributed by atoms with van der Waals surface area (Å²) in [5.74, 6) is 1.84. The van der Waals surface area contributed by atoms with Crippen molar-refractivity contribution < 1.29 is 14.3 Å². The molecule has 0 aliphatic carbocycles. The van der Waals surface area contributed by atoms with Crippen LogP contribution >= 0.6 is 0 Å². The summed E-state index contributed by atoms with van der Waals surface area (Å²) in [4.78, 5) is 19.2. The van der Waals surface area contributed by atoms with Gasteiger partial charge in [0.25, 0.3) is 5.91 Å². The van der Waals surface area contributed by atoms with Gasteiger partial charge in [0.2, 0.25) is 6.10 Å². The molecule has 0 bridgehead atoms. The number of hydrogen-bond donors (Lipinski definition) is 1. The summed E-state index contributed by atoms with van der Waals surface area (Å²) < 4.78 is 11.9. The molecule has 160 valence electrons. The lowest BCUT2D eigenvalue weighted by Crippen LogP contribution is -2.43. The molecular formula is C25H27N3O3. The summed E-state index contributed by atoms with van der Waals surface area (Å²) in [6, 6.07) is 20.9. The molecule has 1 unspecified atom stereocenters. The number of amides is 1. The summed E-state index contributed by atoms with van der Waals surface area (Å²) in [6.07, 6.45) is -0.731. The van der Waals surface area contributed by atoms with E-state index in [1.54, 1.807) is 17.0 Å². The number of carbonyl (C=O) groups is 1. The van der Waals surface area contributed by atoms with Crippen molar-refractivity contribution >= 4 is 17.5 Å². The number of rotatable bonds is 5. The molecule has 0 saturated carbocycles. The Kier molecular flexibility index (Phi) is 5.55. The third-order valence-corrected chi connectivity index (χ3v) is 5.26. The van der Waals surface area contributed by atoms with E-state index in [9.17, 15) is 4.79 Å². The van der Waals surface area contributed by atoms with Gasteiger partial charge in [-0.2, -0.15) is 0 Å². The van der Waals surface area contributed by atoms with Crippen LogP contribution in [0.4, 0.5) is 11.6 Å². The van der Waals surface area contributed by atoms with E-state index in [4.69, 9.17) is 15.2 Å². The highest BCUT2D eigenvalue weighted by Crippen LogP contribution is 2.38. The van der Waals surface area contributed by atoms with Gasteiger partial charge in [-0.3, -0.25) is 9.69 Å². The number of benzene rings is 2. The van der Waals surface area contributed by atoms with Gasteiger partial charge in [-0.25, -0.2) is 4.98 Å². The van der Waals surface area contributed by atoms with Crippen molar-refractivity contribution in [2.45, 2.75) is 32.3 Å². The predicted octanol–water partition coefficient (Wildman–Crippen LogP) is 4.51. The Morgan fingerprint density at radius 2 is 1.74 bits per heavy atom. The zero-order valence-corrected chi connectivity index (χ0v) is 18.0. The molecular weight excluding hydrogens is 390 g/mol. The summed E-state index contributed by atoms with van der Waals surface area (Å²) in [5, 5.41) is 0. The van der Waals surface area contributed by atoms with Crippen LogP contribution in [0.1, 0.15) is 38.0 Å². The van der Waals surface area contributed by atoms with E-state index < -0.39 is 6.10 Å². The second-order valence-corrected chi connectivity index (χ2v) is 8.58. The van der Waals surface area contributed by atoms with Crippen LogP contribution in [-0.2, 0) is 10.2 Å². The number of nitrogens with two attached hydrogens (primary N) is 1. The van der Waals surface area contributed by atoms with Crippen molar-refractivity contribution in [1.82, 2.24) is 4.98 Å². The molecule has 0 fully saturated rings. The van der Waals surface area contributed by atoms with E-state index in [0.29, 0.717) is 30.5 Å². The zero-order valence-electron chi connectivity index (χ0n) is 18.0. The topological polar surface area (TPSA) is 77.7 Å². The minimum Gasteiger partial charge on any atom is -0.492 e. The van der Waals surface area contributed by atoms with E-state index in [2.05, 4.69) is 37.9 Å². The lowest BCUT2D eigenvalue weighted by molar-refractivity contribution is -0.126. The SMILES string of the molecule is CC(C)(C)c1ccc(OCCN2C(=O)C(c3ccccc3)Oc3ccc(N)nc32)cc1. The third-order valence-electron chi connectivity index (χ3n) is 5.26. The zero-order chi connectivity index (χ0) is 22.0. The Balaban J connectivity index is 1.52. The van der Waals surface area contributed by atoms with Crippen LogP contribution in [0.2, 0.25) is 0 Å². The molecule has 2 N–H and O–H groups in total. The minimum atomic E-state index is -0.731. The van der Waals surface area contributed by atoms with Crippen LogP contribution in [0.25, 0.3) is 0 Å². The number of nitrogens with zero attached hydrogens (tertiary/aromatic N) is 2. The number of carbonyl (C=O) groups excluding carboxylic acids is 1. The van der Waals surface area contributed by atoms with Gasteiger partial charge in [-0.15, -0.1) is 0 Å². The highest BCUT2D eigenvalue weighted by Gasteiger charge is 2.36. The molecule has 1 aromatic heterocycles. The Labute approximate surface area is 182 Å². The minimum absolute atomic E-state index is 0.0838. The van der Waals surface area contributed by atoms with Crippen LogP contribution in [0, 0.1) is 0 Å². The van der Waals surface area contributed by atoms with Gasteiger partial charge in [-0.05, 0) is 35.2 Å². The molecule has 1 aliphatic heterocycles. The van der Waals surface area contributed by atoms with Crippen LogP contribution < -0.4 is 20.1 Å². The fourth-order valence-electron chi connectivity index (χ4n) is 3.52. The maximum Gasteiger partial charge on any atom is 0.274 e. The molecule has 2 aromatic carbocycles. The maximum atomic E-state index is 13.3. The monoisotopic (exact) mass is 417 g/mol. The summed E-state index contributed by atoms with van der Waals surface area (Å²) in [7, 11) is 0. The van der Waals surface area contributed by atoms with Gasteiger partial charge < -0.3 is 15.2 Å². The first-order valence-electron chi connectivity index (χ1n) is 10.4. The Morgan fingerprint density at radius 1 is 1.03 bits per heavy atom. The molecule has 1 atom stereocenters. The highest BCUT2D eigenvalue weighted by molar-refractivity contribution is 5.99. The van der Waals surface area contributed by atoms with Gasteiger partial charge in [0.05, 0.1) is 6.54 Å². The Morgan fingerprint density at radius 3 is 2.42 bits per heavy atom. The average Bonchev–Trinajstić information content (AvgIpc) is 2.75. The number of nitrogen functional groups attached to an aromatic ring is 1. The van der Waals surface area contributed by atoms with Gasteiger partial charge in [-0.1, -0.05) is 63.2 Å². The number of fused-ring (bicyclic) bond motifs is 1. The van der Waals surface area contributed by atoms with Gasteiger partial charge in [0.1, 0.15) is 18.2 Å². The lowest BCUT2D eigenvalue weighted by Gasteiger charge is -2.33. The average molecular weight is 418 g/mol. The molecule has 4 rings (SSSR count). The summed E-state index contributed by atoms with van der Waals surface area (Å²) in [5.41, 5.74) is 7.98. The van der Waals surface area contributed by atoms with Crippen molar-refractivity contribution in [3.63, 3.8) is 0 Å². The molecule has 1 aliphatic rings. The van der Waals surface area contributed by atoms with E-state index in [1.807, 2.05) is 42.5 Å². The quantitative estimate of drug-likeness (QED) is 0.661. The van der Waals surface area contributed by atoms with Crippen LogP contribution in [0.15, 0.2) is 66.7 Å². The molecule has 0 saturated heterocycles. The first-order valence-corrected chi connectivity index (χ1v) is 10.4. The Hall–Kier alpha value is -3.54. The number of ether oxygens (including phenoxy) is 2. The molecule has 3 aromatic rings. The molecule has 0 spiro atoms. The van der Waals surface area contributed by atoms with Crippen molar-refractivity contribution in [1.29, 1.82) is 0 Å². The summed E-state index contributed by atoms with van der Waals surface area (Å²) >= 11 is 0. The number of pyridine rings is 1. The number of hydrogen-bond acceptors (Lipinski definition) is 5. The molecule has 31 heavy (non-hydrogen) atoms. The second kappa shape index (κ2) is 8.30. The number of aromatic nitrogens is 1. The smallest absolute Gasteiger partial charge is 0.274 e. The second-order valence-electron chi connectivity index (χ2n) is 8.58. The lowest BCUT2D eigenvalue weighted by atomic mass is 9.87. The molecule has 2 heterocycles. The largest absolute Gasteiger partial charge is 0.492 e. The van der Waals surface area contributed by atoms with Crippen molar-refractivity contribution in [3.05, 3.63) is 77.9 Å². The fraction of sp³-hybridized carbons (Fsp3) is 0.280. The first kappa shape index (κ1) is 20.7. The van der Waals surface area contributed by atoms with Gasteiger partial charge in [0, 0.05) is 5.56 Å². The first-order chi connectivity index (χ1) is 14.8. The van der Waals surface area contributed by atoms with Crippen molar-refractivity contribution in [2.24, 2.45) is 0 Å². The van der Waals surface area contributed by atoms with E-state index >= 15 is 0 Å². The van der Waals surface area contributed by atoms with Crippen molar-refractivity contribution in [2.75, 3.05) is 23.8 Å². The normalized spacial score (nSPS) is 15.9. The van der Waals surface area contributed by atoms with Gasteiger partial charge in [0.15, 0.2) is 11.6 Å². The maximum absolute atomic E-state index is 13.3. The number of anilines is 2. The van der Waals surface area contributed by atoms with Crippen LogP contribution in [0.5, 0.6) is 11.5 Å². The third kappa shape index (κ3) is 4.48. The van der Waals surface area contributed by atoms with Gasteiger partial charge >= 0.3 is 0 Å². The molecule has 1 amide bonds. The standard InChI is InChI=1S/C25H27N3O3/c1-25(2,3)18-9-11-19(12-10-18)30-16-15-28-23-20(13-14-21(26)27-23)31-22(24(28)29)17-7-5-4-6-8-17/h4-14,22H,15-16H2,1-3H3,(H2,26,27). The fourth-order valence-corrected chi connectivity index (χ4v) is 3.52. The molecule has 6 heteroatoms. The predicted molar refractivity (Wildman–Crippen MR) is 121 cm³/mol. The van der Waals surface area contributed by atoms with E-state index in [-0.39, 0.29) is 11.3 Å². The molecule has 0 radical (unpaired) electrons. The van der Waals surface area contributed by atoms with Crippen molar-refractivity contribution in [3.8, 4) is 11.5 Å².